The number of ketones is 1. The van der Waals surface area contributed by atoms with Crippen molar-refractivity contribution in [3.63, 3.8) is 0 Å². The molecule has 4 atom stereocenters. The Morgan fingerprint density at radius 1 is 0.557 bits per heavy atom. The number of benzene rings is 7. The van der Waals surface area contributed by atoms with E-state index in [0.717, 1.165) is 62.6 Å². The molecule has 0 saturated carbocycles. The molecule has 7 aromatic rings. The Morgan fingerprint density at radius 2 is 1.00 bits per heavy atom. The topological polar surface area (TPSA) is 272 Å². The number of rotatable bonds is 29. The van der Waals surface area contributed by atoms with Crippen LogP contribution in [0.2, 0.25) is 0 Å². The fourth-order valence-corrected chi connectivity index (χ4v) is 10.6. The molecule has 0 radical (unpaired) electrons. The third-order valence-electron chi connectivity index (χ3n) is 14.9. The maximum absolute atomic E-state index is 14.2. The SMILES string of the molecule is COc1cccc(CN(C[C@@H](O)[C@H](Cc2cc(F)cc(F)c2)NC(=O)c2cc(C(C)=O)cc(N(C)S(C)(=O)=O)c2)C(=O)OC(C)(C)C)c1.COc1cccc(CNC[C@@H](O)[C@H](Cc2cc(F)cc(F)c2)NC(=O)c2cc(/C(C)=N/OCc3ccccc3)cc(N(C)S(C)(=O)=O)c2)c1. The number of hydrogen-bond acceptors (Lipinski definition) is 16. The lowest BCUT2D eigenvalue weighted by Gasteiger charge is -2.32. The normalized spacial score (nSPS) is 12.9. The van der Waals surface area contributed by atoms with E-state index in [-0.39, 0.29) is 78.3 Å². The summed E-state index contributed by atoms with van der Waals surface area (Å²) in [5.41, 5.74) is 2.87. The van der Waals surface area contributed by atoms with Crippen molar-refractivity contribution in [3.05, 3.63) is 225 Å². The predicted octanol–water partition coefficient (Wildman–Crippen LogP) is 9.51. The number of aliphatic hydroxyl groups excluding tert-OH is 2. The van der Waals surface area contributed by atoms with Gasteiger partial charge in [-0.1, -0.05) is 59.8 Å². The highest BCUT2D eigenvalue weighted by atomic mass is 32.2. The zero-order chi connectivity index (χ0) is 71.5. The van der Waals surface area contributed by atoms with Gasteiger partial charge in [0, 0.05) is 68.1 Å². The molecule has 7 aromatic carbocycles. The molecule has 0 unspecified atom stereocenters. The maximum atomic E-state index is 14.2. The summed E-state index contributed by atoms with van der Waals surface area (Å²) >= 11 is 0. The molecule has 27 heteroatoms. The van der Waals surface area contributed by atoms with Crippen molar-refractivity contribution in [2.45, 2.75) is 97.0 Å². The summed E-state index contributed by atoms with van der Waals surface area (Å²) in [4.78, 5) is 59.9. The Morgan fingerprint density at radius 3 is 1.47 bits per heavy atom. The average molecular weight is 1380 g/mol. The molecular formula is C70H81F4N7O14S2. The minimum Gasteiger partial charge on any atom is -0.497 e. The van der Waals surface area contributed by atoms with Crippen molar-refractivity contribution in [3.8, 4) is 11.5 Å². The molecule has 0 aliphatic rings. The van der Waals surface area contributed by atoms with Gasteiger partial charge in [0.25, 0.3) is 11.8 Å². The number of ether oxygens (including phenoxy) is 3. The van der Waals surface area contributed by atoms with Gasteiger partial charge in [-0.15, -0.1) is 0 Å². The molecule has 3 amide bonds. The Hall–Kier alpha value is -9.41. The molecule has 21 nitrogen and oxygen atoms in total. The Bertz CT molecular complexity index is 4120. The van der Waals surface area contributed by atoms with Gasteiger partial charge in [0.15, 0.2) is 5.78 Å². The summed E-state index contributed by atoms with van der Waals surface area (Å²) in [7, 11) is -1.82. The minimum absolute atomic E-state index is 0.0204. The first kappa shape index (κ1) is 76.6. The van der Waals surface area contributed by atoms with Gasteiger partial charge < -0.3 is 50.1 Å². The second-order valence-corrected chi connectivity index (χ2v) is 28.0. The van der Waals surface area contributed by atoms with Crippen LogP contribution in [-0.4, -0.2) is 145 Å². The lowest BCUT2D eigenvalue weighted by molar-refractivity contribution is 0.00834. The fourth-order valence-electron chi connectivity index (χ4n) is 9.67. The standard InChI is InChI=1S/C36H40F2N4O6S.C34H41F2N3O8S/c1-24(41-48-23-25-9-6-5-7-10-25)28-17-29(19-32(18-28)42(2)49(4,45)46)36(44)40-34(16-27-13-30(37)20-31(38)14-27)35(43)22-39-21-26-11-8-12-33(15-26)47-3;1-21(40)24-15-25(17-28(16-24)38(5)48(7,44)45)32(42)37-30(14-23-11-26(35)18-27(36)12-23)31(41)20-39(33(43)47-34(2,3)4)19-22-9-8-10-29(13-22)46-6/h5-15,17-20,34-35,39,43H,16,21-23H2,1-4H3,(H,40,44);8-13,15-18,30-31,41H,14,19-20H2,1-7H3,(H,37,42)/b41-24+;/t34-,35+;30-,31+/m00/s1. The molecular weight excluding hydrogens is 1300 g/mol. The van der Waals surface area contributed by atoms with Gasteiger partial charge >= 0.3 is 6.09 Å². The van der Waals surface area contributed by atoms with Crippen molar-refractivity contribution in [1.29, 1.82) is 0 Å². The molecule has 0 aliphatic heterocycles. The summed E-state index contributed by atoms with van der Waals surface area (Å²) < 4.78 is 124. The third-order valence-corrected chi connectivity index (χ3v) is 17.3. The van der Waals surface area contributed by atoms with Crippen LogP contribution in [-0.2, 0) is 62.2 Å². The molecule has 0 spiro atoms. The Kier molecular flexibility index (Phi) is 27.2. The average Bonchev–Trinajstić information content (AvgIpc) is 0.822. The predicted molar refractivity (Wildman–Crippen MR) is 362 cm³/mol. The first-order chi connectivity index (χ1) is 45.6. The number of oxime groups is 1. The zero-order valence-electron chi connectivity index (χ0n) is 55.6. The van der Waals surface area contributed by atoms with E-state index in [1.54, 1.807) is 71.2 Å². The van der Waals surface area contributed by atoms with E-state index in [1.807, 2.05) is 48.5 Å². The molecule has 0 aliphatic carbocycles. The Labute approximate surface area is 563 Å². The summed E-state index contributed by atoms with van der Waals surface area (Å²) in [6, 6.07) is 35.5. The molecule has 0 saturated heterocycles. The largest absolute Gasteiger partial charge is 0.497 e. The van der Waals surface area contributed by atoms with Gasteiger partial charge in [0.1, 0.15) is 47.0 Å². The van der Waals surface area contributed by atoms with E-state index in [2.05, 4.69) is 21.1 Å². The molecule has 7 rings (SSSR count). The highest BCUT2D eigenvalue weighted by molar-refractivity contribution is 7.92. The zero-order valence-corrected chi connectivity index (χ0v) is 57.2. The second kappa shape index (κ2) is 34.5. The number of Topliss-reactive ketones (excluding diaryl/α,β-unsaturated/α-hetero) is 1. The number of nitrogens with one attached hydrogen (secondary N) is 3. The number of halogens is 4. The number of hydrogen-bond donors (Lipinski definition) is 5. The van der Waals surface area contributed by atoms with Crippen LogP contribution in [0.5, 0.6) is 11.5 Å². The van der Waals surface area contributed by atoms with Crippen molar-refractivity contribution in [1.82, 2.24) is 20.9 Å². The first-order valence-electron chi connectivity index (χ1n) is 30.3. The summed E-state index contributed by atoms with van der Waals surface area (Å²) in [6.45, 7) is 8.12. The first-order valence-corrected chi connectivity index (χ1v) is 34.0. The fraction of sp³-hybridized carbons (Fsp3) is 0.329. The lowest BCUT2D eigenvalue weighted by Crippen LogP contribution is -2.51. The van der Waals surface area contributed by atoms with E-state index < -0.39 is 96.9 Å². The number of carbonyl (C=O) groups is 4. The number of anilines is 2. The van der Waals surface area contributed by atoms with E-state index in [1.165, 1.54) is 63.4 Å². The van der Waals surface area contributed by atoms with Crippen LogP contribution in [0.4, 0.5) is 33.7 Å². The molecule has 520 valence electrons. The molecule has 0 bridgehead atoms. The second-order valence-electron chi connectivity index (χ2n) is 23.9. The van der Waals surface area contributed by atoms with Gasteiger partial charge in [0.05, 0.1) is 74.7 Å². The van der Waals surface area contributed by atoms with Gasteiger partial charge in [-0.05, 0) is 160 Å². The number of amides is 3. The third kappa shape index (κ3) is 24.3. The van der Waals surface area contributed by atoms with Crippen LogP contribution in [0.3, 0.4) is 0 Å². The molecule has 0 aromatic heterocycles. The van der Waals surface area contributed by atoms with Crippen molar-refractivity contribution in [2.75, 3.05) is 62.5 Å². The highest BCUT2D eigenvalue weighted by Gasteiger charge is 2.31. The molecule has 0 fully saturated rings. The van der Waals surface area contributed by atoms with Crippen LogP contribution >= 0.6 is 0 Å². The van der Waals surface area contributed by atoms with Crippen LogP contribution in [0, 0.1) is 23.3 Å². The number of methoxy groups -OCH3 is 2. The van der Waals surface area contributed by atoms with E-state index in [0.29, 0.717) is 40.9 Å². The number of nitrogens with zero attached hydrogens (tertiary/aromatic N) is 4. The van der Waals surface area contributed by atoms with Gasteiger partial charge in [-0.2, -0.15) is 0 Å². The number of carbonyl (C=O) groups excluding carboxylic acids is 4. The van der Waals surface area contributed by atoms with Crippen LogP contribution < -0.4 is 34.0 Å². The van der Waals surface area contributed by atoms with Crippen LogP contribution in [0.1, 0.15) is 99.1 Å². The van der Waals surface area contributed by atoms with Gasteiger partial charge in [-0.3, -0.25) is 23.0 Å². The maximum Gasteiger partial charge on any atom is 0.410 e. The quantitative estimate of drug-likeness (QED) is 0.0126. The lowest BCUT2D eigenvalue weighted by atomic mass is 9.99. The summed E-state index contributed by atoms with van der Waals surface area (Å²) in [6.07, 6.45) is -1.87. The van der Waals surface area contributed by atoms with Crippen LogP contribution in [0.15, 0.2) is 157 Å². The van der Waals surface area contributed by atoms with E-state index in [4.69, 9.17) is 19.0 Å². The van der Waals surface area contributed by atoms with Gasteiger partial charge in [-0.25, -0.2) is 39.2 Å². The Balaban J connectivity index is 0.000000307. The van der Waals surface area contributed by atoms with Crippen molar-refractivity contribution < 1.29 is 82.8 Å². The summed E-state index contributed by atoms with van der Waals surface area (Å²) in [5, 5.41) is 35.6. The summed E-state index contributed by atoms with van der Waals surface area (Å²) in [5.74, 6) is -4.05. The molecule has 97 heavy (non-hydrogen) atoms. The van der Waals surface area contributed by atoms with Crippen molar-refractivity contribution >= 4 is 60.8 Å². The molecule has 5 N–H and O–H groups in total. The van der Waals surface area contributed by atoms with E-state index in [9.17, 15) is 63.8 Å². The number of aliphatic hydroxyl groups is 2. The smallest absolute Gasteiger partial charge is 0.410 e. The van der Waals surface area contributed by atoms with Crippen molar-refractivity contribution in [2.24, 2.45) is 5.16 Å². The number of sulfonamides is 2. The van der Waals surface area contributed by atoms with Gasteiger partial charge in [0.2, 0.25) is 20.0 Å². The van der Waals surface area contributed by atoms with E-state index >= 15 is 0 Å². The minimum atomic E-state index is -3.77. The molecule has 0 heterocycles. The highest BCUT2D eigenvalue weighted by Crippen LogP contribution is 2.26. The van der Waals surface area contributed by atoms with Crippen LogP contribution in [0.25, 0.3) is 0 Å². The monoisotopic (exact) mass is 1380 g/mol.